The molecule has 0 heterocycles. The molecule has 0 saturated carbocycles. The number of nitrogens with zero attached hydrogens (tertiary/aromatic N) is 1. The van der Waals surface area contributed by atoms with Gasteiger partial charge < -0.3 is 10.6 Å². The molecule has 0 aliphatic heterocycles. The van der Waals surface area contributed by atoms with E-state index in [0.29, 0.717) is 5.56 Å². The summed E-state index contributed by atoms with van der Waals surface area (Å²) in [5.41, 5.74) is 10.9. The van der Waals surface area contributed by atoms with E-state index in [1.165, 1.54) is 16.8 Å². The van der Waals surface area contributed by atoms with Gasteiger partial charge in [0.25, 0.3) is 0 Å². The van der Waals surface area contributed by atoms with Gasteiger partial charge in [0.1, 0.15) is 0 Å². The van der Waals surface area contributed by atoms with Crippen molar-refractivity contribution in [1.82, 2.24) is 0 Å². The first-order chi connectivity index (χ1) is 13.3. The molecule has 0 radical (unpaired) electrons. The van der Waals surface area contributed by atoms with Crippen molar-refractivity contribution in [2.24, 2.45) is 5.73 Å². The number of amides is 1. The summed E-state index contributed by atoms with van der Waals surface area (Å²) in [5, 5.41) is 0. The van der Waals surface area contributed by atoms with Crippen LogP contribution in [-0.4, -0.2) is 5.91 Å². The van der Waals surface area contributed by atoms with Crippen molar-refractivity contribution in [2.45, 2.75) is 39.3 Å². The number of rotatable bonds is 6. The number of primary amides is 1. The number of anilines is 1. The predicted octanol–water partition coefficient (Wildman–Crippen LogP) is 5.29. The second-order valence-corrected chi connectivity index (χ2v) is 8.20. The van der Waals surface area contributed by atoms with Gasteiger partial charge in [-0.15, -0.1) is 0 Å². The van der Waals surface area contributed by atoms with Crippen molar-refractivity contribution in [1.29, 1.82) is 0 Å². The van der Waals surface area contributed by atoms with Gasteiger partial charge in [0.15, 0.2) is 0 Å². The standard InChI is InChI=1S/C25H28N2O/c1-25(2,3)22-13-15-23(16-14-22)27(17-19-7-5-4-6-8-19)18-20-9-11-21(12-10-20)24(26)28/h4-16H,17-18H2,1-3H3,(H2,26,28). The van der Waals surface area contributed by atoms with Gasteiger partial charge in [0.05, 0.1) is 0 Å². The first-order valence-electron chi connectivity index (χ1n) is 9.61. The van der Waals surface area contributed by atoms with Gasteiger partial charge in [-0.25, -0.2) is 0 Å². The lowest BCUT2D eigenvalue weighted by Crippen LogP contribution is -2.22. The fourth-order valence-electron chi connectivity index (χ4n) is 3.21. The van der Waals surface area contributed by atoms with Crippen molar-refractivity contribution < 1.29 is 4.79 Å². The first-order valence-corrected chi connectivity index (χ1v) is 9.61. The van der Waals surface area contributed by atoms with E-state index in [9.17, 15) is 4.79 Å². The van der Waals surface area contributed by atoms with E-state index in [-0.39, 0.29) is 5.41 Å². The van der Waals surface area contributed by atoms with E-state index in [2.05, 4.69) is 74.2 Å². The number of hydrogen-bond donors (Lipinski definition) is 1. The summed E-state index contributed by atoms with van der Waals surface area (Å²) >= 11 is 0. The molecule has 144 valence electrons. The third-order valence-corrected chi connectivity index (χ3v) is 4.93. The van der Waals surface area contributed by atoms with Gasteiger partial charge in [-0.05, 0) is 46.4 Å². The SMILES string of the molecule is CC(C)(C)c1ccc(N(Cc2ccccc2)Cc2ccc(C(N)=O)cc2)cc1. The molecular weight excluding hydrogens is 344 g/mol. The van der Waals surface area contributed by atoms with Crippen LogP contribution in [0.3, 0.4) is 0 Å². The molecule has 0 bridgehead atoms. The van der Waals surface area contributed by atoms with Gasteiger partial charge in [-0.2, -0.15) is 0 Å². The Morgan fingerprint density at radius 1 is 0.786 bits per heavy atom. The van der Waals surface area contributed by atoms with Crippen molar-refractivity contribution >= 4 is 11.6 Å². The molecular formula is C25H28N2O. The average Bonchev–Trinajstić information content (AvgIpc) is 2.68. The molecule has 0 unspecified atom stereocenters. The van der Waals surface area contributed by atoms with Crippen molar-refractivity contribution in [3.05, 3.63) is 101 Å². The molecule has 0 atom stereocenters. The monoisotopic (exact) mass is 372 g/mol. The Labute approximate surface area is 167 Å². The summed E-state index contributed by atoms with van der Waals surface area (Å²) in [6.45, 7) is 8.24. The summed E-state index contributed by atoms with van der Waals surface area (Å²) in [5.74, 6) is -0.398. The van der Waals surface area contributed by atoms with Crippen LogP contribution in [0.15, 0.2) is 78.9 Å². The lowest BCUT2D eigenvalue weighted by Gasteiger charge is -2.27. The highest BCUT2D eigenvalue weighted by Gasteiger charge is 2.15. The fourth-order valence-corrected chi connectivity index (χ4v) is 3.21. The first kappa shape index (κ1) is 19.7. The van der Waals surface area contributed by atoms with Crippen LogP contribution in [0.5, 0.6) is 0 Å². The van der Waals surface area contributed by atoms with E-state index in [1.54, 1.807) is 12.1 Å². The summed E-state index contributed by atoms with van der Waals surface area (Å²) < 4.78 is 0. The van der Waals surface area contributed by atoms with Gasteiger partial charge in [0, 0.05) is 24.3 Å². The Bertz CT molecular complexity index is 908. The molecule has 0 spiro atoms. The summed E-state index contributed by atoms with van der Waals surface area (Å²) in [7, 11) is 0. The second-order valence-electron chi connectivity index (χ2n) is 8.20. The molecule has 28 heavy (non-hydrogen) atoms. The van der Waals surface area contributed by atoms with Crippen molar-refractivity contribution in [2.75, 3.05) is 4.90 Å². The molecule has 3 aromatic carbocycles. The van der Waals surface area contributed by atoms with Crippen LogP contribution < -0.4 is 10.6 Å². The highest BCUT2D eigenvalue weighted by molar-refractivity contribution is 5.92. The second kappa shape index (κ2) is 8.30. The Hall–Kier alpha value is -3.07. The van der Waals surface area contributed by atoms with Crippen molar-refractivity contribution in [3.8, 4) is 0 Å². The minimum absolute atomic E-state index is 0.132. The molecule has 3 heteroatoms. The Balaban J connectivity index is 1.87. The minimum atomic E-state index is -0.398. The highest BCUT2D eigenvalue weighted by Crippen LogP contribution is 2.26. The van der Waals surface area contributed by atoms with Crippen LogP contribution >= 0.6 is 0 Å². The Morgan fingerprint density at radius 2 is 1.32 bits per heavy atom. The number of carbonyl (C=O) groups excluding carboxylic acids is 1. The third kappa shape index (κ3) is 5.01. The van der Waals surface area contributed by atoms with Crippen LogP contribution in [0.2, 0.25) is 0 Å². The summed E-state index contributed by atoms with van der Waals surface area (Å²) in [4.78, 5) is 13.7. The molecule has 0 aliphatic rings. The largest absolute Gasteiger partial charge is 0.366 e. The van der Waals surface area contributed by atoms with E-state index < -0.39 is 5.91 Å². The normalized spacial score (nSPS) is 11.2. The van der Waals surface area contributed by atoms with Gasteiger partial charge in [-0.1, -0.05) is 75.4 Å². The molecule has 0 fully saturated rings. The molecule has 3 rings (SSSR count). The van der Waals surface area contributed by atoms with Crippen LogP contribution in [0.4, 0.5) is 5.69 Å². The summed E-state index contributed by atoms with van der Waals surface area (Å²) in [6, 6.07) is 26.8. The van der Waals surface area contributed by atoms with E-state index in [4.69, 9.17) is 5.73 Å². The average molecular weight is 373 g/mol. The van der Waals surface area contributed by atoms with Crippen LogP contribution in [0, 0.1) is 0 Å². The lowest BCUT2D eigenvalue weighted by molar-refractivity contribution is 0.100. The molecule has 0 aliphatic carbocycles. The molecule has 0 saturated heterocycles. The number of nitrogens with two attached hydrogens (primary N) is 1. The zero-order chi connectivity index (χ0) is 20.1. The Kier molecular flexibility index (Phi) is 5.84. The zero-order valence-corrected chi connectivity index (χ0v) is 16.9. The molecule has 1 amide bonds. The maximum atomic E-state index is 11.3. The third-order valence-electron chi connectivity index (χ3n) is 4.93. The fraction of sp³-hybridized carbons (Fsp3) is 0.240. The topological polar surface area (TPSA) is 46.3 Å². The maximum absolute atomic E-state index is 11.3. The van der Waals surface area contributed by atoms with E-state index in [0.717, 1.165) is 18.7 Å². The van der Waals surface area contributed by atoms with Gasteiger partial charge in [0.2, 0.25) is 5.91 Å². The zero-order valence-electron chi connectivity index (χ0n) is 16.9. The van der Waals surface area contributed by atoms with Gasteiger partial charge in [-0.3, -0.25) is 4.79 Å². The van der Waals surface area contributed by atoms with Crippen LogP contribution in [0.25, 0.3) is 0 Å². The predicted molar refractivity (Wildman–Crippen MR) is 116 cm³/mol. The quantitative estimate of drug-likeness (QED) is 0.639. The maximum Gasteiger partial charge on any atom is 0.248 e. The lowest BCUT2D eigenvalue weighted by atomic mass is 9.87. The van der Waals surface area contributed by atoms with Crippen LogP contribution in [0.1, 0.15) is 47.8 Å². The molecule has 3 aromatic rings. The number of carbonyl (C=O) groups is 1. The van der Waals surface area contributed by atoms with Gasteiger partial charge >= 0.3 is 0 Å². The molecule has 2 N–H and O–H groups in total. The smallest absolute Gasteiger partial charge is 0.248 e. The Morgan fingerprint density at radius 3 is 1.82 bits per heavy atom. The van der Waals surface area contributed by atoms with E-state index >= 15 is 0 Å². The molecule has 3 nitrogen and oxygen atoms in total. The minimum Gasteiger partial charge on any atom is -0.366 e. The highest BCUT2D eigenvalue weighted by atomic mass is 16.1. The summed E-state index contributed by atoms with van der Waals surface area (Å²) in [6.07, 6.45) is 0. The number of benzene rings is 3. The van der Waals surface area contributed by atoms with E-state index in [1.807, 2.05) is 18.2 Å². The van der Waals surface area contributed by atoms with Crippen molar-refractivity contribution in [3.63, 3.8) is 0 Å². The number of hydrogen-bond acceptors (Lipinski definition) is 2. The van der Waals surface area contributed by atoms with Crippen LogP contribution in [-0.2, 0) is 18.5 Å². The molecule has 0 aromatic heterocycles.